The van der Waals surface area contributed by atoms with Gasteiger partial charge in [-0.25, -0.2) is 17.5 Å². The van der Waals surface area contributed by atoms with Crippen molar-refractivity contribution in [3.8, 4) is 5.75 Å². The summed E-state index contributed by atoms with van der Waals surface area (Å²) >= 11 is 5.78. The average Bonchev–Trinajstić information content (AvgIpc) is 2.39. The zero-order chi connectivity index (χ0) is 16.5. The van der Waals surface area contributed by atoms with E-state index in [4.69, 9.17) is 16.7 Å². The Hall–Kier alpha value is -2.25. The Morgan fingerprint density at radius 2 is 1.64 bits per heavy atom. The van der Waals surface area contributed by atoms with E-state index in [-0.39, 0.29) is 11.3 Å². The van der Waals surface area contributed by atoms with E-state index in [1.165, 1.54) is 30.3 Å². The number of sulfonamides is 1. The maximum atomic E-state index is 12.0. The number of nitrogens with zero attached hydrogens (tertiary/aromatic N) is 1. The fourth-order valence-corrected chi connectivity index (χ4v) is 3.06. The van der Waals surface area contributed by atoms with E-state index in [0.29, 0.717) is 10.7 Å². The molecule has 2 aromatic carbocycles. The molecule has 0 aromatic heterocycles. The molecule has 0 aliphatic rings. The lowest BCUT2D eigenvalue weighted by Gasteiger charge is -2.23. The van der Waals surface area contributed by atoms with E-state index in [1.807, 2.05) is 0 Å². The number of benzene rings is 2. The molecule has 0 radical (unpaired) electrons. The highest BCUT2D eigenvalue weighted by Crippen LogP contribution is 2.32. The molecule has 22 heavy (non-hydrogen) atoms. The van der Waals surface area contributed by atoms with Crippen molar-refractivity contribution in [3.05, 3.63) is 53.1 Å². The second kappa shape index (κ2) is 5.86. The minimum absolute atomic E-state index is 0.118. The largest absolute Gasteiger partial charge is 0.507 e. The van der Waals surface area contributed by atoms with Gasteiger partial charge in [0.15, 0.2) is 0 Å². The zero-order valence-electron chi connectivity index (χ0n) is 11.4. The lowest BCUT2D eigenvalue weighted by molar-refractivity contribution is 0.0694. The van der Waals surface area contributed by atoms with Crippen molar-refractivity contribution in [1.82, 2.24) is 0 Å². The third-order valence-electron chi connectivity index (χ3n) is 2.84. The van der Waals surface area contributed by atoms with E-state index >= 15 is 0 Å². The summed E-state index contributed by atoms with van der Waals surface area (Å²) in [6.45, 7) is 0. The van der Waals surface area contributed by atoms with Crippen molar-refractivity contribution in [2.24, 2.45) is 0 Å². The Morgan fingerprint density at radius 3 is 2.09 bits per heavy atom. The molecule has 2 rings (SSSR count). The Bertz CT molecular complexity index is 818. The van der Waals surface area contributed by atoms with Crippen LogP contribution in [0.25, 0.3) is 0 Å². The summed E-state index contributed by atoms with van der Waals surface area (Å²) in [6.07, 6.45) is 1.00. The first-order valence-corrected chi connectivity index (χ1v) is 8.25. The fourth-order valence-electron chi connectivity index (χ4n) is 1.94. The van der Waals surface area contributed by atoms with Gasteiger partial charge < -0.3 is 10.2 Å². The monoisotopic (exact) mass is 341 g/mol. The molecule has 0 fully saturated rings. The van der Waals surface area contributed by atoms with E-state index in [1.54, 1.807) is 0 Å². The predicted molar refractivity (Wildman–Crippen MR) is 83.5 cm³/mol. The number of phenols is 1. The van der Waals surface area contributed by atoms with Crippen LogP contribution in [0, 0.1) is 0 Å². The van der Waals surface area contributed by atoms with Crippen LogP contribution in [0.2, 0.25) is 5.02 Å². The first kappa shape index (κ1) is 16.1. The van der Waals surface area contributed by atoms with Crippen LogP contribution in [-0.4, -0.2) is 30.9 Å². The molecule has 2 N–H and O–H groups in total. The molecule has 8 heteroatoms. The molecule has 0 aliphatic carbocycles. The number of rotatable bonds is 4. The van der Waals surface area contributed by atoms with Crippen molar-refractivity contribution in [2.45, 2.75) is 0 Å². The number of carboxylic acid groups (broad SMARTS) is 1. The fraction of sp³-hybridized carbons (Fsp3) is 0.0714. The number of carboxylic acids is 1. The lowest BCUT2D eigenvalue weighted by Crippen LogP contribution is -2.24. The first-order chi connectivity index (χ1) is 10.2. The van der Waals surface area contributed by atoms with Gasteiger partial charge in [0.1, 0.15) is 11.3 Å². The number of hydrogen-bond acceptors (Lipinski definition) is 4. The molecular formula is C14H12ClNO5S. The molecule has 116 valence electrons. The first-order valence-electron chi connectivity index (χ1n) is 6.02. The van der Waals surface area contributed by atoms with E-state index in [0.717, 1.165) is 22.7 Å². The maximum Gasteiger partial charge on any atom is 0.339 e. The summed E-state index contributed by atoms with van der Waals surface area (Å²) in [5, 5.41) is 19.1. The highest BCUT2D eigenvalue weighted by Gasteiger charge is 2.21. The van der Waals surface area contributed by atoms with Crippen LogP contribution in [0.1, 0.15) is 10.4 Å². The number of aromatic carboxylic acids is 1. The van der Waals surface area contributed by atoms with Gasteiger partial charge in [0.05, 0.1) is 17.6 Å². The molecule has 0 bridgehead atoms. The third kappa shape index (κ3) is 3.32. The van der Waals surface area contributed by atoms with Gasteiger partial charge in [-0.2, -0.15) is 0 Å². The molecule has 0 spiro atoms. The molecule has 0 saturated heterocycles. The molecule has 0 heterocycles. The van der Waals surface area contributed by atoms with Crippen molar-refractivity contribution in [1.29, 1.82) is 0 Å². The average molecular weight is 342 g/mol. The van der Waals surface area contributed by atoms with E-state index in [9.17, 15) is 18.3 Å². The zero-order valence-corrected chi connectivity index (χ0v) is 13.0. The van der Waals surface area contributed by atoms with Crippen molar-refractivity contribution < 1.29 is 23.4 Å². The second-order valence-electron chi connectivity index (χ2n) is 4.51. The van der Waals surface area contributed by atoms with Crippen molar-refractivity contribution >= 4 is 39.0 Å². The van der Waals surface area contributed by atoms with Gasteiger partial charge in [-0.15, -0.1) is 0 Å². The standard InChI is InChI=1S/C14H12ClNO5S/c1-22(20,21)16(10-4-2-9(15)3-5-10)11-6-7-12(14(18)19)13(17)8-11/h2-8,17H,1H3,(H,18,19). The van der Waals surface area contributed by atoms with E-state index < -0.39 is 21.7 Å². The van der Waals surface area contributed by atoms with Crippen LogP contribution >= 0.6 is 11.6 Å². The molecular weight excluding hydrogens is 330 g/mol. The second-order valence-corrected chi connectivity index (χ2v) is 6.78. The smallest absolute Gasteiger partial charge is 0.339 e. The van der Waals surface area contributed by atoms with E-state index in [2.05, 4.69) is 0 Å². The van der Waals surface area contributed by atoms with Crippen LogP contribution in [0.4, 0.5) is 11.4 Å². The molecule has 6 nitrogen and oxygen atoms in total. The third-order valence-corrected chi connectivity index (χ3v) is 4.18. The molecule has 0 saturated carbocycles. The number of halogens is 1. The molecule has 0 unspecified atom stereocenters. The number of carbonyl (C=O) groups is 1. The van der Waals surface area contributed by atoms with Crippen LogP contribution in [0.3, 0.4) is 0 Å². The molecule has 0 amide bonds. The Balaban J connectivity index is 2.59. The van der Waals surface area contributed by atoms with Gasteiger partial charge in [-0.1, -0.05) is 11.6 Å². The van der Waals surface area contributed by atoms with Crippen LogP contribution < -0.4 is 4.31 Å². The summed E-state index contributed by atoms with van der Waals surface area (Å²) in [5.74, 6) is -1.82. The number of aromatic hydroxyl groups is 1. The number of hydrogen-bond donors (Lipinski definition) is 2. The summed E-state index contributed by atoms with van der Waals surface area (Å²) in [5.41, 5.74) is 0.120. The minimum Gasteiger partial charge on any atom is -0.507 e. The number of anilines is 2. The van der Waals surface area contributed by atoms with Gasteiger partial charge in [0.2, 0.25) is 10.0 Å². The highest BCUT2D eigenvalue weighted by molar-refractivity contribution is 7.92. The predicted octanol–water partition coefficient (Wildman–Crippen LogP) is 2.84. The van der Waals surface area contributed by atoms with Crippen molar-refractivity contribution in [3.63, 3.8) is 0 Å². The van der Waals surface area contributed by atoms with Gasteiger partial charge in [-0.05, 0) is 36.4 Å². The topological polar surface area (TPSA) is 94.9 Å². The highest BCUT2D eigenvalue weighted by atomic mass is 35.5. The maximum absolute atomic E-state index is 12.0. The summed E-state index contributed by atoms with van der Waals surface area (Å²) in [7, 11) is -3.70. The summed E-state index contributed by atoms with van der Waals surface area (Å²) in [6, 6.07) is 9.59. The van der Waals surface area contributed by atoms with Gasteiger partial charge in [0.25, 0.3) is 0 Å². The van der Waals surface area contributed by atoms with Crippen molar-refractivity contribution in [2.75, 3.05) is 10.6 Å². The summed E-state index contributed by atoms with van der Waals surface area (Å²) in [4.78, 5) is 10.9. The minimum atomic E-state index is -3.70. The lowest BCUT2D eigenvalue weighted by atomic mass is 10.2. The molecule has 2 aromatic rings. The normalized spacial score (nSPS) is 11.2. The summed E-state index contributed by atoms with van der Waals surface area (Å²) < 4.78 is 25.1. The Morgan fingerprint density at radius 1 is 1.09 bits per heavy atom. The van der Waals surface area contributed by atoms with Crippen LogP contribution in [0.15, 0.2) is 42.5 Å². The Labute approximate surface area is 132 Å². The van der Waals surface area contributed by atoms with Gasteiger partial charge in [0, 0.05) is 11.1 Å². The molecule has 0 atom stereocenters. The van der Waals surface area contributed by atoms with Crippen LogP contribution in [0.5, 0.6) is 5.75 Å². The SMILES string of the molecule is CS(=O)(=O)N(c1ccc(Cl)cc1)c1ccc(C(=O)O)c(O)c1. The van der Waals surface area contributed by atoms with Gasteiger partial charge >= 0.3 is 5.97 Å². The van der Waals surface area contributed by atoms with Crippen LogP contribution in [-0.2, 0) is 10.0 Å². The Kier molecular flexibility index (Phi) is 4.30. The molecule has 0 aliphatic heterocycles. The quantitative estimate of drug-likeness (QED) is 0.891. The van der Waals surface area contributed by atoms with Gasteiger partial charge in [-0.3, -0.25) is 0 Å².